The number of aromatic amines is 1. The van der Waals surface area contributed by atoms with Gasteiger partial charge in [-0.05, 0) is 51.5 Å². The first-order valence-corrected chi connectivity index (χ1v) is 9.56. The summed E-state index contributed by atoms with van der Waals surface area (Å²) >= 11 is 4.93. The first-order valence-electron chi connectivity index (χ1n) is 7.95. The molecular formula is C18H20BrN3OS. The summed E-state index contributed by atoms with van der Waals surface area (Å²) in [6.45, 7) is 8.41. The summed E-state index contributed by atoms with van der Waals surface area (Å²) in [5.74, 6) is 0.637. The maximum atomic E-state index is 12.5. The Kier molecular flexibility index (Phi) is 4.78. The lowest BCUT2D eigenvalue weighted by Crippen LogP contribution is -2.39. The molecule has 4 nitrogen and oxygen atoms in total. The molecule has 126 valence electrons. The SMILES string of the molecule is CC(C)N(c1nc2cc(-c3ccc(Br)cc3)sc2c(=O)[nH]1)C(C)C. The van der Waals surface area contributed by atoms with E-state index in [0.29, 0.717) is 10.6 Å². The Morgan fingerprint density at radius 2 is 1.75 bits per heavy atom. The minimum Gasteiger partial charge on any atom is -0.337 e. The topological polar surface area (TPSA) is 49.0 Å². The number of rotatable bonds is 4. The van der Waals surface area contributed by atoms with E-state index in [-0.39, 0.29) is 17.6 Å². The largest absolute Gasteiger partial charge is 0.337 e. The summed E-state index contributed by atoms with van der Waals surface area (Å²) in [6, 6.07) is 10.6. The maximum Gasteiger partial charge on any atom is 0.270 e. The zero-order valence-corrected chi connectivity index (χ0v) is 16.5. The monoisotopic (exact) mass is 405 g/mol. The van der Waals surface area contributed by atoms with Gasteiger partial charge in [0.05, 0.1) is 5.52 Å². The molecule has 0 radical (unpaired) electrons. The van der Waals surface area contributed by atoms with E-state index in [1.54, 1.807) is 0 Å². The van der Waals surface area contributed by atoms with Crippen LogP contribution in [0.5, 0.6) is 0 Å². The number of nitrogens with zero attached hydrogens (tertiary/aromatic N) is 2. The number of benzene rings is 1. The Balaban J connectivity index is 2.12. The van der Waals surface area contributed by atoms with Crippen LogP contribution in [0.1, 0.15) is 27.7 Å². The van der Waals surface area contributed by atoms with Crippen molar-refractivity contribution in [3.05, 3.63) is 45.2 Å². The second kappa shape index (κ2) is 6.69. The molecule has 3 aromatic rings. The van der Waals surface area contributed by atoms with Gasteiger partial charge in [0.15, 0.2) is 0 Å². The molecule has 0 unspecified atom stereocenters. The van der Waals surface area contributed by atoms with Crippen molar-refractivity contribution in [2.75, 3.05) is 4.90 Å². The highest BCUT2D eigenvalue weighted by Crippen LogP contribution is 2.32. The molecule has 1 aromatic carbocycles. The lowest BCUT2D eigenvalue weighted by Gasteiger charge is -2.31. The molecule has 0 aliphatic rings. The second-order valence-corrected chi connectivity index (χ2v) is 8.28. The van der Waals surface area contributed by atoms with Gasteiger partial charge in [0.25, 0.3) is 5.56 Å². The molecule has 3 rings (SSSR count). The fourth-order valence-corrected chi connectivity index (χ4v) is 4.15. The van der Waals surface area contributed by atoms with E-state index in [2.05, 4.69) is 53.5 Å². The number of anilines is 1. The number of fused-ring (bicyclic) bond motifs is 1. The highest BCUT2D eigenvalue weighted by molar-refractivity contribution is 9.10. The van der Waals surface area contributed by atoms with Crippen molar-refractivity contribution in [2.45, 2.75) is 39.8 Å². The van der Waals surface area contributed by atoms with Crippen LogP contribution in [0.3, 0.4) is 0 Å². The van der Waals surface area contributed by atoms with E-state index in [4.69, 9.17) is 4.98 Å². The van der Waals surface area contributed by atoms with Gasteiger partial charge < -0.3 is 4.90 Å². The fraction of sp³-hybridized carbons (Fsp3) is 0.333. The molecule has 0 saturated heterocycles. The Morgan fingerprint density at radius 1 is 1.12 bits per heavy atom. The number of aromatic nitrogens is 2. The molecule has 0 aliphatic heterocycles. The van der Waals surface area contributed by atoms with E-state index >= 15 is 0 Å². The predicted octanol–water partition coefficient (Wildman–Crippen LogP) is 5.04. The van der Waals surface area contributed by atoms with Crippen LogP contribution in [-0.4, -0.2) is 22.1 Å². The van der Waals surface area contributed by atoms with Crippen molar-refractivity contribution < 1.29 is 0 Å². The van der Waals surface area contributed by atoms with Crippen molar-refractivity contribution in [2.24, 2.45) is 0 Å². The molecule has 0 aliphatic carbocycles. The van der Waals surface area contributed by atoms with Crippen LogP contribution < -0.4 is 10.5 Å². The van der Waals surface area contributed by atoms with Crippen molar-refractivity contribution in [1.82, 2.24) is 9.97 Å². The smallest absolute Gasteiger partial charge is 0.270 e. The summed E-state index contributed by atoms with van der Waals surface area (Å²) in [7, 11) is 0. The Bertz CT molecular complexity index is 904. The number of halogens is 1. The molecule has 1 N–H and O–H groups in total. The molecule has 2 heterocycles. The van der Waals surface area contributed by atoms with Crippen LogP contribution in [0.25, 0.3) is 20.7 Å². The quantitative estimate of drug-likeness (QED) is 0.661. The van der Waals surface area contributed by atoms with Gasteiger partial charge in [-0.3, -0.25) is 9.78 Å². The number of thiophene rings is 1. The van der Waals surface area contributed by atoms with Gasteiger partial charge >= 0.3 is 0 Å². The van der Waals surface area contributed by atoms with Crippen molar-refractivity contribution >= 4 is 43.4 Å². The van der Waals surface area contributed by atoms with Crippen LogP contribution in [-0.2, 0) is 0 Å². The predicted molar refractivity (Wildman–Crippen MR) is 106 cm³/mol. The molecule has 6 heteroatoms. The van der Waals surface area contributed by atoms with Crippen molar-refractivity contribution in [3.8, 4) is 10.4 Å². The number of hydrogen-bond donors (Lipinski definition) is 1. The number of H-pyrrole nitrogens is 1. The molecule has 0 spiro atoms. The molecule has 0 amide bonds. The second-order valence-electron chi connectivity index (χ2n) is 6.32. The summed E-state index contributed by atoms with van der Waals surface area (Å²) in [5.41, 5.74) is 1.77. The molecule has 2 aromatic heterocycles. The van der Waals surface area contributed by atoms with E-state index < -0.39 is 0 Å². The fourth-order valence-electron chi connectivity index (χ4n) is 2.89. The summed E-state index contributed by atoms with van der Waals surface area (Å²) in [6.07, 6.45) is 0. The van der Waals surface area contributed by atoms with Crippen LogP contribution >= 0.6 is 27.3 Å². The van der Waals surface area contributed by atoms with Gasteiger partial charge in [0.2, 0.25) is 5.95 Å². The third-order valence-corrected chi connectivity index (χ3v) is 5.56. The van der Waals surface area contributed by atoms with Gasteiger partial charge in [-0.1, -0.05) is 28.1 Å². The van der Waals surface area contributed by atoms with Gasteiger partial charge in [-0.25, -0.2) is 4.98 Å². The van der Waals surface area contributed by atoms with Gasteiger partial charge in [-0.2, -0.15) is 0 Å². The Morgan fingerprint density at radius 3 is 2.33 bits per heavy atom. The number of nitrogens with one attached hydrogen (secondary N) is 1. The van der Waals surface area contributed by atoms with Crippen LogP contribution in [0.2, 0.25) is 0 Å². The molecule has 0 saturated carbocycles. The Hall–Kier alpha value is -1.66. The van der Waals surface area contributed by atoms with Crippen molar-refractivity contribution in [1.29, 1.82) is 0 Å². The lowest BCUT2D eigenvalue weighted by molar-refractivity contribution is 0.592. The van der Waals surface area contributed by atoms with Crippen LogP contribution in [0, 0.1) is 0 Å². The summed E-state index contributed by atoms with van der Waals surface area (Å²) in [5, 5.41) is 0. The minimum absolute atomic E-state index is 0.0744. The Labute approximate surface area is 153 Å². The summed E-state index contributed by atoms with van der Waals surface area (Å²) < 4.78 is 1.71. The van der Waals surface area contributed by atoms with E-state index in [9.17, 15) is 4.79 Å². The zero-order valence-electron chi connectivity index (χ0n) is 14.1. The molecule has 0 bridgehead atoms. The van der Waals surface area contributed by atoms with Gasteiger partial charge in [0, 0.05) is 21.4 Å². The molecule has 0 atom stereocenters. The normalized spacial score (nSPS) is 11.6. The lowest BCUT2D eigenvalue weighted by atomic mass is 10.2. The van der Waals surface area contributed by atoms with Gasteiger partial charge in [-0.15, -0.1) is 11.3 Å². The first kappa shape index (κ1) is 17.2. The third kappa shape index (κ3) is 3.26. The highest BCUT2D eigenvalue weighted by Gasteiger charge is 2.19. The summed E-state index contributed by atoms with van der Waals surface area (Å²) in [4.78, 5) is 23.4. The zero-order chi connectivity index (χ0) is 17.4. The third-order valence-electron chi connectivity index (χ3n) is 3.86. The maximum absolute atomic E-state index is 12.5. The van der Waals surface area contributed by atoms with Gasteiger partial charge in [0.1, 0.15) is 4.70 Å². The van der Waals surface area contributed by atoms with E-state index in [1.807, 2.05) is 30.3 Å². The molecule has 0 fully saturated rings. The minimum atomic E-state index is -0.0744. The molecular weight excluding hydrogens is 386 g/mol. The average Bonchev–Trinajstić information content (AvgIpc) is 2.92. The van der Waals surface area contributed by atoms with Crippen LogP contribution in [0.15, 0.2) is 39.6 Å². The first-order chi connectivity index (χ1) is 11.4. The van der Waals surface area contributed by atoms with E-state index in [0.717, 1.165) is 20.4 Å². The van der Waals surface area contributed by atoms with Crippen molar-refractivity contribution in [3.63, 3.8) is 0 Å². The average molecular weight is 406 g/mol. The number of hydrogen-bond acceptors (Lipinski definition) is 4. The standard InChI is InChI=1S/C18H20BrN3OS/c1-10(2)22(11(3)4)18-20-14-9-15(24-16(14)17(23)21-18)12-5-7-13(19)8-6-12/h5-11H,1-4H3,(H,20,21,23). The highest BCUT2D eigenvalue weighted by atomic mass is 79.9. The van der Waals surface area contributed by atoms with Crippen LogP contribution in [0.4, 0.5) is 5.95 Å². The molecule has 24 heavy (non-hydrogen) atoms. The van der Waals surface area contributed by atoms with E-state index in [1.165, 1.54) is 11.3 Å².